The summed E-state index contributed by atoms with van der Waals surface area (Å²) in [5.74, 6) is 0. The zero-order valence-corrected chi connectivity index (χ0v) is 37.9. The molecule has 66 heavy (non-hydrogen) atoms. The van der Waals surface area contributed by atoms with Crippen molar-refractivity contribution in [2.45, 2.75) is 18.8 Å². The first kappa shape index (κ1) is 37.8. The summed E-state index contributed by atoms with van der Waals surface area (Å²) >= 11 is 3.79. The number of hydrogen-bond donors (Lipinski definition) is 0. The van der Waals surface area contributed by atoms with Crippen molar-refractivity contribution in [2.75, 3.05) is 0 Å². The molecular weight excluding hydrogens is 835 g/mol. The van der Waals surface area contributed by atoms with Gasteiger partial charge >= 0.3 is 0 Å². The molecule has 0 fully saturated rings. The Balaban J connectivity index is 1.01. The fraction of sp³-hybridized carbons (Fsp3) is 0.0476. The van der Waals surface area contributed by atoms with Gasteiger partial charge < -0.3 is 4.57 Å². The van der Waals surface area contributed by atoms with E-state index in [9.17, 15) is 0 Å². The Morgan fingerprint density at radius 1 is 0.409 bits per heavy atom. The summed E-state index contributed by atoms with van der Waals surface area (Å²) in [5.41, 5.74) is 12.4. The second-order valence-corrected chi connectivity index (χ2v) is 20.3. The fourth-order valence-corrected chi connectivity index (χ4v) is 13.8. The van der Waals surface area contributed by atoms with Crippen LogP contribution in [0.2, 0.25) is 0 Å². The quantitative estimate of drug-likeness (QED) is 0.152. The summed E-state index contributed by atoms with van der Waals surface area (Å²) in [6.07, 6.45) is 10.1. The van der Waals surface area contributed by atoms with Gasteiger partial charge in [-0.3, -0.25) is 0 Å². The van der Waals surface area contributed by atoms with Gasteiger partial charge in [-0.1, -0.05) is 177 Å². The standard InChI is InChI=1S/C63H41NS2/c1-63(34-11-2-12-35-63)60-49-22-5-3-20-47(49)59(48-21-4-6-23-50(48)60)41-16-13-17-42(36-41)64-55-32-30-39(43-24-14-26-51-45-18-7-9-28-57(45)65-61(43)51)37-53(55)54-38-40(31-33-56(54)64)44-25-15-27-52-46-19-8-10-29-58(46)66-62(44)52/h2-34,36-38H,35H2,1H3. The highest BCUT2D eigenvalue weighted by Gasteiger charge is 2.29. The Morgan fingerprint density at radius 2 is 0.909 bits per heavy atom. The first-order valence-corrected chi connectivity index (χ1v) is 24.5. The Hall–Kier alpha value is -7.56. The van der Waals surface area contributed by atoms with Gasteiger partial charge in [0, 0.05) is 62.2 Å². The predicted octanol–water partition coefficient (Wildman–Crippen LogP) is 18.6. The molecule has 3 heteroatoms. The van der Waals surface area contributed by atoms with Gasteiger partial charge in [-0.15, -0.1) is 22.7 Å². The Labute approximate surface area is 390 Å². The Morgan fingerprint density at radius 3 is 1.45 bits per heavy atom. The van der Waals surface area contributed by atoms with Crippen LogP contribution in [0.1, 0.15) is 18.9 Å². The van der Waals surface area contributed by atoms with Crippen molar-refractivity contribution in [1.29, 1.82) is 0 Å². The molecule has 14 rings (SSSR count). The molecule has 0 saturated heterocycles. The highest BCUT2D eigenvalue weighted by molar-refractivity contribution is 7.26. The molecule has 0 saturated carbocycles. The summed E-state index contributed by atoms with van der Waals surface area (Å²) in [5, 5.41) is 13.0. The molecular formula is C63H41NS2. The molecule has 1 aliphatic rings. The average Bonchev–Trinajstić information content (AvgIpc) is 4.05. The van der Waals surface area contributed by atoms with Crippen LogP contribution in [0.25, 0.3) is 123 Å². The van der Waals surface area contributed by atoms with Crippen molar-refractivity contribution < 1.29 is 0 Å². The SMILES string of the molecule is CC1(c2c3ccccc3c(-c3cccc(-n4c5ccc(-c6cccc7c6sc6ccccc67)cc5c5cc(-c6cccc7c6sc6ccccc67)ccc54)c3)c3ccccc23)C=CC=CC1. The first-order chi connectivity index (χ1) is 32.6. The van der Waals surface area contributed by atoms with Gasteiger partial charge in [0.1, 0.15) is 0 Å². The summed E-state index contributed by atoms with van der Waals surface area (Å²) in [6, 6.07) is 73.0. The van der Waals surface area contributed by atoms with E-state index in [1.165, 1.54) is 123 Å². The first-order valence-electron chi connectivity index (χ1n) is 22.9. The van der Waals surface area contributed by atoms with E-state index in [2.05, 4.69) is 230 Å². The number of aromatic nitrogens is 1. The predicted molar refractivity (Wildman–Crippen MR) is 288 cm³/mol. The number of thiophene rings is 2. The van der Waals surface area contributed by atoms with E-state index in [0.29, 0.717) is 0 Å². The smallest absolute Gasteiger partial charge is 0.0541 e. The lowest BCUT2D eigenvalue weighted by molar-refractivity contribution is 0.610. The van der Waals surface area contributed by atoms with Gasteiger partial charge in [0.05, 0.1) is 11.0 Å². The van der Waals surface area contributed by atoms with E-state index in [1.54, 1.807) is 0 Å². The van der Waals surface area contributed by atoms with Crippen LogP contribution in [0.3, 0.4) is 0 Å². The summed E-state index contributed by atoms with van der Waals surface area (Å²) in [7, 11) is 0. The van der Waals surface area contributed by atoms with Crippen LogP contribution in [0.15, 0.2) is 218 Å². The average molecular weight is 876 g/mol. The lowest BCUT2D eigenvalue weighted by Gasteiger charge is -2.31. The largest absolute Gasteiger partial charge is 0.309 e. The van der Waals surface area contributed by atoms with E-state index in [-0.39, 0.29) is 5.41 Å². The number of nitrogens with zero attached hydrogens (tertiary/aromatic N) is 1. The van der Waals surface area contributed by atoms with E-state index in [4.69, 9.17) is 0 Å². The normalized spacial score (nSPS) is 15.2. The number of hydrogen-bond acceptors (Lipinski definition) is 2. The second kappa shape index (κ2) is 14.5. The van der Waals surface area contributed by atoms with Gasteiger partial charge in [-0.05, 0) is 115 Å². The molecule has 1 aliphatic carbocycles. The minimum absolute atomic E-state index is 0.111. The lowest BCUT2D eigenvalue weighted by Crippen LogP contribution is -2.20. The summed E-state index contributed by atoms with van der Waals surface area (Å²) in [4.78, 5) is 0. The maximum atomic E-state index is 2.50. The van der Waals surface area contributed by atoms with E-state index >= 15 is 0 Å². The van der Waals surface area contributed by atoms with Crippen molar-refractivity contribution in [3.8, 4) is 39.1 Å². The molecule has 1 unspecified atom stereocenters. The zero-order chi connectivity index (χ0) is 43.5. The van der Waals surface area contributed by atoms with Gasteiger partial charge in [0.15, 0.2) is 0 Å². The van der Waals surface area contributed by atoms with Crippen LogP contribution in [-0.2, 0) is 5.41 Å². The van der Waals surface area contributed by atoms with Gasteiger partial charge in [0.2, 0.25) is 0 Å². The van der Waals surface area contributed by atoms with E-state index in [1.807, 2.05) is 22.7 Å². The molecule has 0 spiro atoms. The van der Waals surface area contributed by atoms with Crippen LogP contribution in [0, 0.1) is 0 Å². The Kier molecular flexibility index (Phi) is 8.28. The molecule has 1 atom stereocenters. The second-order valence-electron chi connectivity index (χ2n) is 18.2. The third-order valence-electron chi connectivity index (χ3n) is 14.3. The minimum atomic E-state index is -0.111. The van der Waals surface area contributed by atoms with Crippen molar-refractivity contribution in [3.05, 3.63) is 224 Å². The van der Waals surface area contributed by atoms with Crippen LogP contribution in [-0.4, -0.2) is 4.57 Å². The summed E-state index contributed by atoms with van der Waals surface area (Å²) < 4.78 is 7.82. The topological polar surface area (TPSA) is 4.93 Å². The van der Waals surface area contributed by atoms with Crippen LogP contribution >= 0.6 is 22.7 Å². The van der Waals surface area contributed by atoms with Gasteiger partial charge in [-0.25, -0.2) is 0 Å². The molecule has 0 aliphatic heterocycles. The number of benzene rings is 10. The van der Waals surface area contributed by atoms with Crippen LogP contribution in [0.4, 0.5) is 0 Å². The molecule has 310 valence electrons. The minimum Gasteiger partial charge on any atom is -0.309 e. The van der Waals surface area contributed by atoms with E-state index < -0.39 is 0 Å². The summed E-state index contributed by atoms with van der Waals surface area (Å²) in [6.45, 7) is 2.40. The van der Waals surface area contributed by atoms with E-state index in [0.717, 1.165) is 12.1 Å². The monoisotopic (exact) mass is 875 g/mol. The van der Waals surface area contributed by atoms with Crippen molar-refractivity contribution in [3.63, 3.8) is 0 Å². The molecule has 10 aromatic carbocycles. The maximum Gasteiger partial charge on any atom is 0.0541 e. The fourth-order valence-electron chi connectivity index (χ4n) is 11.4. The number of rotatable bonds is 5. The maximum absolute atomic E-state index is 2.50. The molecule has 0 N–H and O–H groups in total. The molecule has 0 bridgehead atoms. The number of fused-ring (bicyclic) bond motifs is 11. The highest BCUT2D eigenvalue weighted by Crippen LogP contribution is 2.48. The van der Waals surface area contributed by atoms with Crippen molar-refractivity contribution in [2.24, 2.45) is 0 Å². The number of allylic oxidation sites excluding steroid dienone is 4. The van der Waals surface area contributed by atoms with Gasteiger partial charge in [0.25, 0.3) is 0 Å². The zero-order valence-electron chi connectivity index (χ0n) is 36.3. The van der Waals surface area contributed by atoms with Crippen LogP contribution < -0.4 is 0 Å². The third-order valence-corrected chi connectivity index (χ3v) is 16.8. The van der Waals surface area contributed by atoms with Crippen LogP contribution in [0.5, 0.6) is 0 Å². The molecule has 1 nitrogen and oxygen atoms in total. The lowest BCUT2D eigenvalue weighted by atomic mass is 9.72. The molecule has 13 aromatic rings. The highest BCUT2D eigenvalue weighted by atomic mass is 32.1. The molecule has 0 radical (unpaired) electrons. The van der Waals surface area contributed by atoms with Crippen molar-refractivity contribution in [1.82, 2.24) is 4.57 Å². The van der Waals surface area contributed by atoms with Crippen molar-refractivity contribution >= 4 is 106 Å². The third kappa shape index (κ3) is 5.57. The molecule has 3 heterocycles. The Bertz CT molecular complexity index is 4000. The van der Waals surface area contributed by atoms with Gasteiger partial charge in [-0.2, -0.15) is 0 Å². The molecule has 3 aromatic heterocycles. The molecule has 0 amide bonds.